The molecule has 0 saturated carbocycles. The van der Waals surface area contributed by atoms with Gasteiger partial charge >= 0.3 is 0 Å². The van der Waals surface area contributed by atoms with Crippen LogP contribution in [-0.2, 0) is 4.79 Å². The lowest BCUT2D eigenvalue weighted by molar-refractivity contribution is -0.117. The molecule has 0 unspecified atom stereocenters. The number of anilines is 1. The van der Waals surface area contributed by atoms with Crippen LogP contribution in [0.4, 0.5) is 5.69 Å². The van der Waals surface area contributed by atoms with E-state index in [-0.39, 0.29) is 11.9 Å². The number of benzene rings is 2. The molecule has 142 valence electrons. The van der Waals surface area contributed by atoms with E-state index in [1.54, 1.807) is 7.11 Å². The molecule has 2 aliphatic heterocycles. The maximum Gasteiger partial charge on any atom is 0.238 e. The summed E-state index contributed by atoms with van der Waals surface area (Å²) in [6.07, 6.45) is 2.11. The highest BCUT2D eigenvalue weighted by molar-refractivity contribution is 5.92. The molecule has 1 atom stereocenters. The van der Waals surface area contributed by atoms with Gasteiger partial charge in [-0.1, -0.05) is 12.1 Å². The molecule has 1 N–H and O–H groups in total. The Balaban J connectivity index is 1.43. The van der Waals surface area contributed by atoms with Crippen LogP contribution in [0.1, 0.15) is 24.4 Å². The van der Waals surface area contributed by atoms with Gasteiger partial charge in [-0.25, -0.2) is 0 Å². The van der Waals surface area contributed by atoms with E-state index in [1.165, 1.54) is 5.56 Å². The Morgan fingerprint density at radius 2 is 2.04 bits per heavy atom. The molecule has 27 heavy (non-hydrogen) atoms. The van der Waals surface area contributed by atoms with Crippen molar-refractivity contribution in [3.05, 3.63) is 48.0 Å². The van der Waals surface area contributed by atoms with Crippen LogP contribution >= 0.6 is 0 Å². The molecule has 0 spiro atoms. The summed E-state index contributed by atoms with van der Waals surface area (Å²) in [5.74, 6) is 2.30. The van der Waals surface area contributed by atoms with Gasteiger partial charge < -0.3 is 19.5 Å². The highest BCUT2D eigenvalue weighted by Crippen LogP contribution is 2.37. The molecule has 0 aliphatic carbocycles. The summed E-state index contributed by atoms with van der Waals surface area (Å²) in [6.45, 7) is 2.43. The molecule has 2 aromatic carbocycles. The number of methoxy groups -OCH3 is 1. The van der Waals surface area contributed by atoms with E-state index in [0.717, 1.165) is 42.3 Å². The monoisotopic (exact) mass is 368 g/mol. The number of likely N-dealkylation sites (tertiary alicyclic amines) is 1. The number of carbonyl (C=O) groups excluding carboxylic acids is 1. The van der Waals surface area contributed by atoms with Crippen LogP contribution in [0, 0.1) is 0 Å². The lowest BCUT2D eigenvalue weighted by Gasteiger charge is -2.26. The smallest absolute Gasteiger partial charge is 0.238 e. The van der Waals surface area contributed by atoms with Crippen LogP contribution in [0.2, 0.25) is 0 Å². The van der Waals surface area contributed by atoms with Gasteiger partial charge in [-0.3, -0.25) is 9.69 Å². The Kier molecular flexibility index (Phi) is 5.16. The van der Waals surface area contributed by atoms with Crippen LogP contribution in [0.5, 0.6) is 17.2 Å². The summed E-state index contributed by atoms with van der Waals surface area (Å²) in [5.41, 5.74) is 1.92. The lowest BCUT2D eigenvalue weighted by atomic mass is 10.0. The molecule has 0 aromatic heterocycles. The summed E-state index contributed by atoms with van der Waals surface area (Å²) < 4.78 is 16.5. The topological polar surface area (TPSA) is 60.0 Å². The van der Waals surface area contributed by atoms with Gasteiger partial charge in [0.15, 0.2) is 11.5 Å². The second-order valence-electron chi connectivity index (χ2n) is 6.81. The van der Waals surface area contributed by atoms with Crippen LogP contribution in [0.3, 0.4) is 0 Å². The average Bonchev–Trinajstić information content (AvgIpc) is 3.15. The summed E-state index contributed by atoms with van der Waals surface area (Å²) in [6, 6.07) is 13.7. The first-order valence-corrected chi connectivity index (χ1v) is 9.30. The Labute approximate surface area is 159 Å². The zero-order valence-corrected chi connectivity index (χ0v) is 15.4. The minimum Gasteiger partial charge on any atom is -0.497 e. The highest BCUT2D eigenvalue weighted by atomic mass is 16.6. The number of hydrogen-bond donors (Lipinski definition) is 1. The van der Waals surface area contributed by atoms with Gasteiger partial charge in [-0.15, -0.1) is 0 Å². The minimum absolute atomic E-state index is 0.0207. The van der Waals surface area contributed by atoms with Gasteiger partial charge in [-0.2, -0.15) is 0 Å². The maximum absolute atomic E-state index is 12.5. The fourth-order valence-corrected chi connectivity index (χ4v) is 3.75. The molecule has 2 heterocycles. The number of rotatable bonds is 5. The first kappa shape index (κ1) is 17.7. The van der Waals surface area contributed by atoms with Gasteiger partial charge in [-0.05, 0) is 49.2 Å². The first-order valence-electron chi connectivity index (χ1n) is 9.30. The van der Waals surface area contributed by atoms with Gasteiger partial charge in [0.05, 0.1) is 13.7 Å². The Morgan fingerprint density at radius 1 is 1.19 bits per heavy atom. The van der Waals surface area contributed by atoms with Crippen molar-refractivity contribution < 1.29 is 19.0 Å². The molecule has 6 heteroatoms. The van der Waals surface area contributed by atoms with E-state index in [0.29, 0.717) is 19.8 Å². The Morgan fingerprint density at radius 3 is 2.89 bits per heavy atom. The van der Waals surface area contributed by atoms with Gasteiger partial charge in [0, 0.05) is 17.8 Å². The SMILES string of the molecule is COc1cccc(NC(=O)CN2CCC[C@H]2c2ccc3c(c2)OCCO3)c1. The number of nitrogens with one attached hydrogen (secondary N) is 1. The van der Waals surface area contributed by atoms with E-state index < -0.39 is 0 Å². The predicted molar refractivity (Wildman–Crippen MR) is 103 cm³/mol. The third kappa shape index (κ3) is 4.01. The fraction of sp³-hybridized carbons (Fsp3) is 0.381. The van der Waals surface area contributed by atoms with Gasteiger partial charge in [0.25, 0.3) is 0 Å². The third-order valence-electron chi connectivity index (χ3n) is 5.01. The quantitative estimate of drug-likeness (QED) is 0.878. The molecule has 1 amide bonds. The van der Waals surface area contributed by atoms with Crippen LogP contribution < -0.4 is 19.5 Å². The molecule has 6 nitrogen and oxygen atoms in total. The standard InChI is InChI=1S/C21H24N2O4/c1-25-17-5-2-4-16(13-17)22-21(24)14-23-9-3-6-18(23)15-7-8-19-20(12-15)27-11-10-26-19/h2,4-5,7-8,12-13,18H,3,6,9-11,14H2,1H3,(H,22,24)/t18-/m0/s1. The second-order valence-corrected chi connectivity index (χ2v) is 6.81. The van der Waals surface area contributed by atoms with Crippen molar-refractivity contribution in [1.29, 1.82) is 0 Å². The normalized spacial score (nSPS) is 18.9. The molecule has 2 aromatic rings. The summed E-state index contributed by atoms with van der Waals surface area (Å²) in [4.78, 5) is 14.8. The van der Waals surface area contributed by atoms with Crippen LogP contribution in [0.25, 0.3) is 0 Å². The van der Waals surface area contributed by atoms with Crippen molar-refractivity contribution in [3.63, 3.8) is 0 Å². The summed E-state index contributed by atoms with van der Waals surface area (Å²) in [7, 11) is 1.61. The second kappa shape index (κ2) is 7.88. The lowest BCUT2D eigenvalue weighted by Crippen LogP contribution is -2.33. The van der Waals surface area contributed by atoms with Gasteiger partial charge in [0.2, 0.25) is 5.91 Å². The van der Waals surface area contributed by atoms with Crippen molar-refractivity contribution in [1.82, 2.24) is 4.90 Å². The van der Waals surface area contributed by atoms with Crippen molar-refractivity contribution in [3.8, 4) is 17.2 Å². The minimum atomic E-state index is -0.0207. The molecule has 2 aliphatic rings. The van der Waals surface area contributed by atoms with Gasteiger partial charge in [0.1, 0.15) is 19.0 Å². The number of ether oxygens (including phenoxy) is 3. The molecule has 0 radical (unpaired) electrons. The predicted octanol–water partition coefficient (Wildman–Crippen LogP) is 3.24. The van der Waals surface area contributed by atoms with Crippen LogP contribution in [-0.4, -0.2) is 44.2 Å². The summed E-state index contributed by atoms with van der Waals surface area (Å²) in [5, 5.41) is 2.96. The Bertz CT molecular complexity index is 824. The fourth-order valence-electron chi connectivity index (χ4n) is 3.75. The average molecular weight is 368 g/mol. The summed E-state index contributed by atoms with van der Waals surface area (Å²) >= 11 is 0. The Hall–Kier alpha value is -2.73. The molecule has 1 saturated heterocycles. The van der Waals surface area contributed by atoms with E-state index in [4.69, 9.17) is 14.2 Å². The molecular formula is C21H24N2O4. The maximum atomic E-state index is 12.5. The molecule has 4 rings (SSSR count). The van der Waals surface area contributed by atoms with Crippen LogP contribution in [0.15, 0.2) is 42.5 Å². The van der Waals surface area contributed by atoms with Crippen molar-refractivity contribution in [2.75, 3.05) is 38.7 Å². The first-order chi connectivity index (χ1) is 13.2. The third-order valence-corrected chi connectivity index (χ3v) is 5.01. The number of carbonyl (C=O) groups is 1. The zero-order valence-electron chi connectivity index (χ0n) is 15.4. The largest absolute Gasteiger partial charge is 0.497 e. The van der Waals surface area contributed by atoms with E-state index >= 15 is 0 Å². The zero-order chi connectivity index (χ0) is 18.6. The number of hydrogen-bond acceptors (Lipinski definition) is 5. The van der Waals surface area contributed by atoms with E-state index in [1.807, 2.05) is 30.3 Å². The van der Waals surface area contributed by atoms with E-state index in [9.17, 15) is 4.79 Å². The number of amides is 1. The molecule has 0 bridgehead atoms. The molecular weight excluding hydrogens is 344 g/mol. The van der Waals surface area contributed by atoms with E-state index in [2.05, 4.69) is 22.3 Å². The highest BCUT2D eigenvalue weighted by Gasteiger charge is 2.28. The van der Waals surface area contributed by atoms with Crippen molar-refractivity contribution in [2.24, 2.45) is 0 Å². The van der Waals surface area contributed by atoms with Crippen molar-refractivity contribution in [2.45, 2.75) is 18.9 Å². The number of nitrogens with zero attached hydrogens (tertiary/aromatic N) is 1. The number of fused-ring (bicyclic) bond motifs is 1. The van der Waals surface area contributed by atoms with Crippen molar-refractivity contribution >= 4 is 11.6 Å². The molecule has 1 fully saturated rings.